The van der Waals surface area contributed by atoms with E-state index in [0.717, 1.165) is 0 Å². The Hall–Kier alpha value is 1.14. The number of carboxylic acid groups (broad SMARTS) is 2. The Bertz CT molecular complexity index is 306. The van der Waals surface area contributed by atoms with Gasteiger partial charge in [-0.05, 0) is 35.9 Å². The minimum absolute atomic E-state index is 0.149. The zero-order valence-electron chi connectivity index (χ0n) is 16.6. The van der Waals surface area contributed by atoms with E-state index in [1.165, 1.54) is 25.7 Å². The summed E-state index contributed by atoms with van der Waals surface area (Å²) in [6, 6.07) is 0. The molecule has 0 saturated carbocycles. The summed E-state index contributed by atoms with van der Waals surface area (Å²) in [4.78, 5) is 20.3. The van der Waals surface area contributed by atoms with Crippen LogP contribution in [0.4, 0.5) is 0 Å². The maximum Gasteiger partial charge on any atom is 0.0453 e. The molecule has 0 heterocycles. The number of carboxylic acids is 2. The second-order valence-electron chi connectivity index (χ2n) is 5.88. The van der Waals surface area contributed by atoms with Crippen LogP contribution < -0.4 is 10.2 Å². The number of aliphatic carboxylic acids is 2. The Morgan fingerprint density at radius 2 is 1.11 bits per heavy atom. The Balaban J connectivity index is -0.000000320. The first kappa shape index (κ1) is 32.8. The summed E-state index contributed by atoms with van der Waals surface area (Å²) in [5.41, 5.74) is 0. The molecule has 0 aromatic heterocycles. The van der Waals surface area contributed by atoms with Gasteiger partial charge in [0.25, 0.3) is 0 Å². The molecule has 4 nitrogen and oxygen atoms in total. The summed E-state index contributed by atoms with van der Waals surface area (Å²) in [6.07, 6.45) is 6.91. The fraction of sp³-hybridized carbons (Fsp3) is 0.889. The monoisotopic (exact) mass is 564 g/mol. The van der Waals surface area contributed by atoms with E-state index in [4.69, 9.17) is 0 Å². The summed E-state index contributed by atoms with van der Waals surface area (Å²) in [5, 5.41) is 20.3. The standard InChI is InChI=1S/2C5H10O2S2.2C4H9.Sn/c2*6-5(7)4(3-9)1-2-8;2*1-3-4-2;/h2*4,8-9H,1-3H2,(H,6,7);2*1,3-4H2,2H3;/q;;;;+2/p-2. The van der Waals surface area contributed by atoms with Crippen molar-refractivity contribution in [3.05, 3.63) is 0 Å². The van der Waals surface area contributed by atoms with Gasteiger partial charge in [0.2, 0.25) is 0 Å². The van der Waals surface area contributed by atoms with Crippen LogP contribution in [0.15, 0.2) is 0 Å². The van der Waals surface area contributed by atoms with Crippen molar-refractivity contribution in [2.24, 2.45) is 11.8 Å². The predicted octanol–water partition coefficient (Wildman–Crippen LogP) is 2.33. The van der Waals surface area contributed by atoms with Gasteiger partial charge < -0.3 is 19.8 Å². The number of hydrogen-bond donors (Lipinski definition) is 4. The molecule has 2 atom stereocenters. The van der Waals surface area contributed by atoms with Crippen LogP contribution in [0, 0.1) is 11.8 Å². The second-order valence-corrected chi connectivity index (χ2v) is 11.8. The van der Waals surface area contributed by atoms with E-state index in [1.54, 1.807) is 8.87 Å². The van der Waals surface area contributed by atoms with Crippen LogP contribution in [0.5, 0.6) is 0 Å². The van der Waals surface area contributed by atoms with Crippen LogP contribution in [0.2, 0.25) is 8.87 Å². The zero-order chi connectivity index (χ0) is 21.5. The first-order chi connectivity index (χ1) is 12.9. The van der Waals surface area contributed by atoms with Crippen molar-refractivity contribution in [3.63, 3.8) is 0 Å². The third kappa shape index (κ3) is 27.1. The molecular weight excluding hydrogens is 527 g/mol. The molecule has 0 aliphatic carbocycles. The molecule has 27 heavy (non-hydrogen) atoms. The Labute approximate surface area is 198 Å². The van der Waals surface area contributed by atoms with Gasteiger partial charge in [-0.15, -0.1) is 0 Å². The average Bonchev–Trinajstić information content (AvgIpc) is 2.64. The minimum atomic E-state index is -1.03. The molecular formula is C18H36O4S4Sn. The average molecular weight is 563 g/mol. The summed E-state index contributed by atoms with van der Waals surface area (Å²) >= 11 is 15.6. The van der Waals surface area contributed by atoms with E-state index in [2.05, 4.69) is 64.4 Å². The molecule has 160 valence electrons. The second kappa shape index (κ2) is 27.1. The predicted molar refractivity (Wildman–Crippen MR) is 127 cm³/mol. The quantitative estimate of drug-likeness (QED) is 0.149. The van der Waals surface area contributed by atoms with Gasteiger partial charge in [0, 0.05) is 23.8 Å². The minimum Gasteiger partial charge on any atom is -0.550 e. The van der Waals surface area contributed by atoms with Crippen LogP contribution in [-0.2, 0) is 9.59 Å². The van der Waals surface area contributed by atoms with Gasteiger partial charge in [0.15, 0.2) is 0 Å². The number of carbonyl (C=O) groups excluding carboxylic acids is 2. The van der Waals surface area contributed by atoms with Gasteiger partial charge in [0.05, 0.1) is 0 Å². The van der Waals surface area contributed by atoms with Crippen molar-refractivity contribution in [2.45, 2.75) is 61.2 Å². The molecule has 0 radical (unpaired) electrons. The molecule has 0 aliphatic heterocycles. The number of rotatable bonds is 14. The number of hydrogen-bond acceptors (Lipinski definition) is 8. The van der Waals surface area contributed by atoms with Crippen molar-refractivity contribution in [2.75, 3.05) is 23.0 Å². The summed E-state index contributed by atoms with van der Waals surface area (Å²) in [7, 11) is 0. The maximum absolute atomic E-state index is 10.1. The molecule has 0 N–H and O–H groups in total. The topological polar surface area (TPSA) is 80.3 Å². The third-order valence-corrected chi connectivity index (χ3v) is 8.91. The normalized spacial score (nSPS) is 11.8. The van der Waals surface area contributed by atoms with E-state index in [0.29, 0.717) is 35.9 Å². The fourth-order valence-electron chi connectivity index (χ4n) is 1.61. The number of carbonyl (C=O) groups is 2. The van der Waals surface area contributed by atoms with Crippen molar-refractivity contribution in [1.82, 2.24) is 0 Å². The Morgan fingerprint density at radius 3 is 1.26 bits per heavy atom. The van der Waals surface area contributed by atoms with E-state index in [-0.39, 0.29) is 21.1 Å². The van der Waals surface area contributed by atoms with Gasteiger partial charge in [-0.3, -0.25) is 0 Å². The third-order valence-electron chi connectivity index (χ3n) is 3.48. The molecule has 0 saturated heterocycles. The Kier molecular flexibility index (Phi) is 33.0. The molecule has 0 rings (SSSR count). The van der Waals surface area contributed by atoms with Crippen molar-refractivity contribution in [3.8, 4) is 0 Å². The molecule has 0 bridgehead atoms. The number of thiol groups is 4. The van der Waals surface area contributed by atoms with Crippen LogP contribution in [0.25, 0.3) is 0 Å². The fourth-order valence-corrected chi connectivity index (χ4v) is 7.05. The maximum atomic E-state index is 10.1. The van der Waals surface area contributed by atoms with Crippen LogP contribution in [0.1, 0.15) is 52.4 Å². The molecule has 0 spiro atoms. The van der Waals surface area contributed by atoms with Gasteiger partial charge in [-0.1, -0.05) is 0 Å². The first-order valence-corrected chi connectivity index (χ1v) is 16.0. The summed E-state index contributed by atoms with van der Waals surface area (Å²) in [5.74, 6) is -1.13. The van der Waals surface area contributed by atoms with Crippen LogP contribution in [-0.4, -0.2) is 56.1 Å². The van der Waals surface area contributed by atoms with Crippen molar-refractivity contribution >= 4 is 83.6 Å². The van der Waals surface area contributed by atoms with Crippen LogP contribution in [0.3, 0.4) is 0 Å². The molecule has 0 fully saturated rings. The zero-order valence-corrected chi connectivity index (χ0v) is 23.0. The summed E-state index contributed by atoms with van der Waals surface area (Å²) < 4.78 is 3.25. The van der Waals surface area contributed by atoms with E-state index in [1.807, 2.05) is 0 Å². The molecule has 2 unspecified atom stereocenters. The smallest absolute Gasteiger partial charge is 0.0453 e. The first-order valence-electron chi connectivity index (χ1n) is 9.41. The SMILES string of the molecule is CCC[CH2][Sn+2][CH2]CCC.O=C([O-])C(CS)CCS.O=C([O-])C(CS)CCS. The van der Waals surface area contributed by atoms with Gasteiger partial charge >= 0.3 is 69.5 Å². The van der Waals surface area contributed by atoms with E-state index >= 15 is 0 Å². The molecule has 0 amide bonds. The van der Waals surface area contributed by atoms with Gasteiger partial charge in [0.1, 0.15) is 0 Å². The van der Waals surface area contributed by atoms with Crippen molar-refractivity contribution < 1.29 is 19.8 Å². The van der Waals surface area contributed by atoms with E-state index < -0.39 is 23.8 Å². The molecule has 0 aliphatic rings. The largest absolute Gasteiger partial charge is 0.550 e. The van der Waals surface area contributed by atoms with E-state index in [9.17, 15) is 19.8 Å². The summed E-state index contributed by atoms with van der Waals surface area (Å²) in [6.45, 7) is 4.58. The molecule has 9 heteroatoms. The van der Waals surface area contributed by atoms with Gasteiger partial charge in [-0.25, -0.2) is 0 Å². The van der Waals surface area contributed by atoms with Crippen LogP contribution >= 0.6 is 50.5 Å². The number of unbranched alkanes of at least 4 members (excludes halogenated alkanes) is 2. The van der Waals surface area contributed by atoms with Crippen molar-refractivity contribution in [1.29, 1.82) is 0 Å². The van der Waals surface area contributed by atoms with Gasteiger partial charge in [-0.2, -0.15) is 50.5 Å². The Morgan fingerprint density at radius 1 is 0.778 bits per heavy atom. The molecule has 0 aromatic rings. The molecule has 0 aromatic carbocycles.